The van der Waals surface area contributed by atoms with Gasteiger partial charge in [0, 0.05) is 12.1 Å². The summed E-state index contributed by atoms with van der Waals surface area (Å²) in [5.41, 5.74) is 0.0526. The molecule has 16 heavy (non-hydrogen) atoms. The van der Waals surface area contributed by atoms with Crippen LogP contribution in [0.5, 0.6) is 0 Å². The van der Waals surface area contributed by atoms with E-state index in [4.69, 9.17) is 0 Å². The summed E-state index contributed by atoms with van der Waals surface area (Å²) in [5, 5.41) is 0. The van der Waals surface area contributed by atoms with E-state index in [2.05, 4.69) is 23.6 Å². The average molecular weight is 248 g/mol. The molecule has 0 atom stereocenters. The number of sulfonamides is 1. The number of rotatable bonds is 6. The molecule has 0 spiro atoms. The van der Waals surface area contributed by atoms with E-state index in [1.807, 2.05) is 0 Å². The standard InChI is InChI=1S/C11H24N2O2S/c1-4-13(3)11(8-6-7-9-11)10-12-16(14,15)5-2/h12H,4-10H2,1-3H3. The molecule has 1 fully saturated rings. The Morgan fingerprint density at radius 3 is 2.25 bits per heavy atom. The highest BCUT2D eigenvalue weighted by Gasteiger charge is 2.37. The van der Waals surface area contributed by atoms with Crippen molar-refractivity contribution in [3.05, 3.63) is 0 Å². The summed E-state index contributed by atoms with van der Waals surface area (Å²) in [6.45, 7) is 5.32. The lowest BCUT2D eigenvalue weighted by Gasteiger charge is -2.38. The smallest absolute Gasteiger partial charge is 0.211 e. The molecule has 0 amide bonds. The maximum Gasteiger partial charge on any atom is 0.211 e. The SMILES string of the molecule is CCN(C)C1(CNS(=O)(=O)CC)CCCC1. The molecular weight excluding hydrogens is 224 g/mol. The zero-order valence-electron chi connectivity index (χ0n) is 10.6. The van der Waals surface area contributed by atoms with Crippen molar-refractivity contribution in [2.45, 2.75) is 45.1 Å². The number of hydrogen-bond donors (Lipinski definition) is 1. The number of nitrogens with zero attached hydrogens (tertiary/aromatic N) is 1. The van der Waals surface area contributed by atoms with Crippen molar-refractivity contribution in [3.8, 4) is 0 Å². The van der Waals surface area contributed by atoms with Crippen LogP contribution in [0.25, 0.3) is 0 Å². The molecule has 1 rings (SSSR count). The van der Waals surface area contributed by atoms with Gasteiger partial charge in [-0.1, -0.05) is 19.8 Å². The van der Waals surface area contributed by atoms with Gasteiger partial charge in [-0.15, -0.1) is 0 Å². The summed E-state index contributed by atoms with van der Waals surface area (Å²) in [6, 6.07) is 0. The first-order chi connectivity index (χ1) is 7.46. The minimum atomic E-state index is -3.06. The molecule has 0 radical (unpaired) electrons. The Hall–Kier alpha value is -0.130. The van der Waals surface area contributed by atoms with Gasteiger partial charge in [-0.3, -0.25) is 4.90 Å². The molecule has 0 aliphatic heterocycles. The summed E-state index contributed by atoms with van der Waals surface area (Å²) >= 11 is 0. The van der Waals surface area contributed by atoms with Gasteiger partial charge in [0.2, 0.25) is 10.0 Å². The maximum absolute atomic E-state index is 11.5. The summed E-state index contributed by atoms with van der Waals surface area (Å²) in [4.78, 5) is 2.29. The molecule has 96 valence electrons. The average Bonchev–Trinajstić information content (AvgIpc) is 2.75. The molecule has 4 nitrogen and oxygen atoms in total. The van der Waals surface area contributed by atoms with Gasteiger partial charge in [0.25, 0.3) is 0 Å². The van der Waals surface area contributed by atoms with E-state index in [1.54, 1.807) is 6.92 Å². The van der Waals surface area contributed by atoms with E-state index in [9.17, 15) is 8.42 Å². The molecule has 1 aliphatic carbocycles. The third-order valence-electron chi connectivity index (χ3n) is 3.82. The van der Waals surface area contributed by atoms with Gasteiger partial charge in [-0.05, 0) is 33.4 Å². The highest BCUT2D eigenvalue weighted by molar-refractivity contribution is 7.89. The van der Waals surface area contributed by atoms with Crippen LogP contribution in [0.1, 0.15) is 39.5 Å². The highest BCUT2D eigenvalue weighted by Crippen LogP contribution is 2.33. The molecule has 0 saturated heterocycles. The Morgan fingerprint density at radius 2 is 1.81 bits per heavy atom. The first kappa shape index (κ1) is 13.9. The van der Waals surface area contributed by atoms with Crippen LogP contribution < -0.4 is 4.72 Å². The Labute approximate surface area is 99.5 Å². The number of hydrogen-bond acceptors (Lipinski definition) is 3. The van der Waals surface area contributed by atoms with E-state index in [0.717, 1.165) is 19.4 Å². The van der Waals surface area contributed by atoms with Gasteiger partial charge in [-0.2, -0.15) is 0 Å². The van der Waals surface area contributed by atoms with E-state index in [1.165, 1.54) is 12.8 Å². The highest BCUT2D eigenvalue weighted by atomic mass is 32.2. The van der Waals surface area contributed by atoms with Crippen LogP contribution in [0.3, 0.4) is 0 Å². The topological polar surface area (TPSA) is 49.4 Å². The molecule has 0 heterocycles. The lowest BCUT2D eigenvalue weighted by Crippen LogP contribution is -2.52. The fourth-order valence-electron chi connectivity index (χ4n) is 2.41. The summed E-state index contributed by atoms with van der Waals surface area (Å²) in [7, 11) is -0.975. The Kier molecular flexibility index (Phi) is 4.76. The zero-order chi connectivity index (χ0) is 12.2. The molecule has 5 heteroatoms. The van der Waals surface area contributed by atoms with Crippen LogP contribution in [0.15, 0.2) is 0 Å². The first-order valence-electron chi connectivity index (χ1n) is 6.14. The second-order valence-corrected chi connectivity index (χ2v) is 6.77. The molecular formula is C11H24N2O2S. The van der Waals surface area contributed by atoms with Gasteiger partial charge in [-0.25, -0.2) is 13.1 Å². The van der Waals surface area contributed by atoms with E-state index >= 15 is 0 Å². The lowest BCUT2D eigenvalue weighted by molar-refractivity contribution is 0.135. The summed E-state index contributed by atoms with van der Waals surface area (Å²) < 4.78 is 25.7. The monoisotopic (exact) mass is 248 g/mol. The molecule has 0 aromatic carbocycles. The van der Waals surface area contributed by atoms with Gasteiger partial charge in [0.05, 0.1) is 5.75 Å². The maximum atomic E-state index is 11.5. The Morgan fingerprint density at radius 1 is 1.25 bits per heavy atom. The third-order valence-corrected chi connectivity index (χ3v) is 5.16. The molecule has 1 saturated carbocycles. The fraction of sp³-hybridized carbons (Fsp3) is 1.00. The van der Waals surface area contributed by atoms with Crippen molar-refractivity contribution < 1.29 is 8.42 Å². The van der Waals surface area contributed by atoms with E-state index in [-0.39, 0.29) is 11.3 Å². The molecule has 1 aliphatic rings. The Balaban J connectivity index is 2.66. The minimum Gasteiger partial charge on any atom is -0.300 e. The molecule has 0 unspecified atom stereocenters. The molecule has 1 N–H and O–H groups in total. The van der Waals surface area contributed by atoms with Crippen LogP contribution in [0, 0.1) is 0 Å². The van der Waals surface area contributed by atoms with Gasteiger partial charge < -0.3 is 0 Å². The minimum absolute atomic E-state index is 0.0526. The van der Waals surface area contributed by atoms with Crippen LogP contribution in [0.4, 0.5) is 0 Å². The Bertz CT molecular complexity index is 308. The zero-order valence-corrected chi connectivity index (χ0v) is 11.4. The lowest BCUT2D eigenvalue weighted by atomic mass is 9.96. The van der Waals surface area contributed by atoms with Crippen LogP contribution >= 0.6 is 0 Å². The van der Waals surface area contributed by atoms with Gasteiger partial charge >= 0.3 is 0 Å². The predicted octanol–water partition coefficient (Wildman–Crippen LogP) is 1.19. The third kappa shape index (κ3) is 3.18. The van der Waals surface area contributed by atoms with E-state index in [0.29, 0.717) is 6.54 Å². The van der Waals surface area contributed by atoms with Crippen molar-refractivity contribution in [2.24, 2.45) is 0 Å². The first-order valence-corrected chi connectivity index (χ1v) is 7.79. The largest absolute Gasteiger partial charge is 0.300 e. The van der Waals surface area contributed by atoms with Crippen molar-refractivity contribution in [1.29, 1.82) is 0 Å². The van der Waals surface area contributed by atoms with Crippen LogP contribution in [-0.2, 0) is 10.0 Å². The quantitative estimate of drug-likeness (QED) is 0.768. The van der Waals surface area contributed by atoms with Gasteiger partial charge in [0.15, 0.2) is 0 Å². The van der Waals surface area contributed by atoms with Crippen LogP contribution in [0.2, 0.25) is 0 Å². The van der Waals surface area contributed by atoms with Crippen molar-refractivity contribution >= 4 is 10.0 Å². The van der Waals surface area contributed by atoms with Crippen molar-refractivity contribution in [3.63, 3.8) is 0 Å². The molecule has 0 aromatic heterocycles. The second-order valence-electron chi connectivity index (χ2n) is 4.67. The normalized spacial score (nSPS) is 20.5. The second kappa shape index (κ2) is 5.47. The number of likely N-dealkylation sites (N-methyl/N-ethyl adjacent to an activating group) is 1. The fourth-order valence-corrected chi connectivity index (χ4v) is 3.10. The van der Waals surface area contributed by atoms with E-state index < -0.39 is 10.0 Å². The molecule has 0 bridgehead atoms. The van der Waals surface area contributed by atoms with Crippen molar-refractivity contribution in [2.75, 3.05) is 25.9 Å². The van der Waals surface area contributed by atoms with Crippen LogP contribution in [-0.4, -0.2) is 44.7 Å². The van der Waals surface area contributed by atoms with Crippen molar-refractivity contribution in [1.82, 2.24) is 9.62 Å². The van der Waals surface area contributed by atoms with Gasteiger partial charge in [0.1, 0.15) is 0 Å². The predicted molar refractivity (Wildman–Crippen MR) is 67.0 cm³/mol. The molecule has 0 aromatic rings. The summed E-state index contributed by atoms with van der Waals surface area (Å²) in [5.74, 6) is 0.166. The summed E-state index contributed by atoms with van der Waals surface area (Å²) in [6.07, 6.45) is 4.61. The number of nitrogens with one attached hydrogen (secondary N) is 1.